The maximum Gasteiger partial charge on any atom is 0.338 e. The van der Waals surface area contributed by atoms with Gasteiger partial charge in [0, 0.05) is 0 Å². The third-order valence-electron chi connectivity index (χ3n) is 5.53. The summed E-state index contributed by atoms with van der Waals surface area (Å²) in [5.74, 6) is -0.178. The van der Waals surface area contributed by atoms with Gasteiger partial charge in [-0.15, -0.1) is 0 Å². The smallest absolute Gasteiger partial charge is 0.338 e. The summed E-state index contributed by atoms with van der Waals surface area (Å²) < 4.78 is 5.65. The molecule has 0 unspecified atom stereocenters. The van der Waals surface area contributed by atoms with Gasteiger partial charge in [0.05, 0.1) is 5.56 Å². The fourth-order valence-corrected chi connectivity index (χ4v) is 3.89. The molecule has 0 N–H and O–H groups in total. The molecule has 0 saturated heterocycles. The normalized spacial score (nSPS) is 15.0. The molecule has 0 spiro atoms. The van der Waals surface area contributed by atoms with Crippen molar-refractivity contribution in [1.82, 2.24) is 0 Å². The van der Waals surface area contributed by atoms with E-state index in [0.29, 0.717) is 5.56 Å². The first kappa shape index (κ1) is 17.8. The van der Waals surface area contributed by atoms with Crippen LogP contribution in [0.15, 0.2) is 66.7 Å². The van der Waals surface area contributed by atoms with E-state index in [1.165, 1.54) is 41.2 Å². The summed E-state index contributed by atoms with van der Waals surface area (Å²) in [5.41, 5.74) is 3.25. The average molecular weight is 358 g/mol. The Morgan fingerprint density at radius 2 is 1.44 bits per heavy atom. The van der Waals surface area contributed by atoms with E-state index in [4.69, 9.17) is 4.74 Å². The summed E-state index contributed by atoms with van der Waals surface area (Å²) in [6.45, 7) is 0. The van der Waals surface area contributed by atoms with Crippen LogP contribution in [-0.4, -0.2) is 12.1 Å². The molecule has 1 aliphatic carbocycles. The molecule has 0 radical (unpaired) electrons. The van der Waals surface area contributed by atoms with Gasteiger partial charge in [0.2, 0.25) is 0 Å². The van der Waals surface area contributed by atoms with Crippen LogP contribution in [0.5, 0.6) is 0 Å². The molecule has 2 nitrogen and oxygen atoms in total. The first-order valence-corrected chi connectivity index (χ1v) is 10.1. The number of carbonyl (C=O) groups is 1. The van der Waals surface area contributed by atoms with Gasteiger partial charge in [-0.05, 0) is 72.6 Å². The number of ether oxygens (including phenoxy) is 1. The van der Waals surface area contributed by atoms with Gasteiger partial charge < -0.3 is 4.74 Å². The van der Waals surface area contributed by atoms with Crippen LogP contribution in [-0.2, 0) is 17.6 Å². The van der Waals surface area contributed by atoms with Gasteiger partial charge in [0.25, 0.3) is 0 Å². The quantitative estimate of drug-likeness (QED) is 0.514. The number of benzene rings is 3. The molecule has 1 aliphatic rings. The maximum absolute atomic E-state index is 12.3. The highest BCUT2D eigenvalue weighted by atomic mass is 16.5. The summed E-state index contributed by atoms with van der Waals surface area (Å²) in [5, 5.41) is 2.57. The van der Waals surface area contributed by atoms with Crippen LogP contribution in [0.1, 0.15) is 53.6 Å². The monoisotopic (exact) mass is 358 g/mol. The summed E-state index contributed by atoms with van der Waals surface area (Å²) in [4.78, 5) is 12.3. The molecule has 0 aromatic heterocycles. The third kappa shape index (κ3) is 4.57. The number of esters is 1. The topological polar surface area (TPSA) is 26.3 Å². The second kappa shape index (κ2) is 8.39. The minimum Gasteiger partial charge on any atom is -0.459 e. The van der Waals surface area contributed by atoms with Gasteiger partial charge in [-0.25, -0.2) is 4.79 Å². The highest BCUT2D eigenvalue weighted by Crippen LogP contribution is 2.22. The van der Waals surface area contributed by atoms with E-state index < -0.39 is 0 Å². The minimum absolute atomic E-state index is 0.110. The van der Waals surface area contributed by atoms with E-state index in [2.05, 4.69) is 54.6 Å². The van der Waals surface area contributed by atoms with E-state index in [-0.39, 0.29) is 12.1 Å². The molecule has 0 atom stereocenters. The number of fused-ring (bicyclic) bond motifs is 1. The van der Waals surface area contributed by atoms with Crippen molar-refractivity contribution >= 4 is 16.7 Å². The molecule has 1 fully saturated rings. The molecule has 2 heteroatoms. The molecule has 0 amide bonds. The predicted octanol–water partition coefficient (Wildman–Crippen LogP) is 6.11. The molecular formula is C25H26O2. The van der Waals surface area contributed by atoms with Crippen molar-refractivity contribution in [3.05, 3.63) is 83.4 Å². The maximum atomic E-state index is 12.3. The molecule has 4 rings (SSSR count). The van der Waals surface area contributed by atoms with Gasteiger partial charge in [0.1, 0.15) is 6.10 Å². The Hall–Kier alpha value is -2.61. The fourth-order valence-electron chi connectivity index (χ4n) is 3.89. The van der Waals surface area contributed by atoms with Gasteiger partial charge >= 0.3 is 5.97 Å². The Morgan fingerprint density at radius 1 is 0.778 bits per heavy atom. The fraction of sp³-hybridized carbons (Fsp3) is 0.320. The van der Waals surface area contributed by atoms with Gasteiger partial charge in [-0.2, -0.15) is 0 Å². The van der Waals surface area contributed by atoms with Crippen LogP contribution >= 0.6 is 0 Å². The minimum atomic E-state index is -0.178. The lowest BCUT2D eigenvalue weighted by atomic mass is 9.97. The van der Waals surface area contributed by atoms with E-state index in [1.54, 1.807) is 0 Å². The standard InChI is InChI=1S/C25H26O2/c26-25(27-24-8-2-1-3-9-24)22-16-12-19(13-17-22)10-11-20-14-15-21-6-4-5-7-23(21)18-20/h4-7,12-18,24H,1-3,8-11H2. The van der Waals surface area contributed by atoms with Crippen LogP contribution in [0.4, 0.5) is 0 Å². The SMILES string of the molecule is O=C(OC1CCCCC1)c1ccc(CCc2ccc3ccccc3c2)cc1. The van der Waals surface area contributed by atoms with Crippen LogP contribution < -0.4 is 0 Å². The molecule has 0 aliphatic heterocycles. The molecular weight excluding hydrogens is 332 g/mol. The van der Waals surface area contributed by atoms with E-state index in [0.717, 1.165) is 25.7 Å². The zero-order valence-electron chi connectivity index (χ0n) is 15.7. The zero-order chi connectivity index (χ0) is 18.5. The lowest BCUT2D eigenvalue weighted by Gasteiger charge is -2.21. The van der Waals surface area contributed by atoms with Crippen LogP contribution in [0.25, 0.3) is 10.8 Å². The summed E-state index contributed by atoms with van der Waals surface area (Å²) in [6.07, 6.45) is 7.70. The molecule has 27 heavy (non-hydrogen) atoms. The third-order valence-corrected chi connectivity index (χ3v) is 5.53. The van der Waals surface area contributed by atoms with Crippen LogP contribution in [0, 0.1) is 0 Å². The van der Waals surface area contributed by atoms with Crippen molar-refractivity contribution < 1.29 is 9.53 Å². The number of hydrogen-bond acceptors (Lipinski definition) is 2. The Balaban J connectivity index is 1.34. The Bertz CT molecular complexity index is 905. The zero-order valence-corrected chi connectivity index (χ0v) is 15.7. The van der Waals surface area contributed by atoms with E-state index in [1.807, 2.05) is 12.1 Å². The Morgan fingerprint density at radius 3 is 2.22 bits per heavy atom. The number of carbonyl (C=O) groups excluding carboxylic acids is 1. The molecule has 3 aromatic carbocycles. The van der Waals surface area contributed by atoms with Crippen molar-refractivity contribution in [2.75, 3.05) is 0 Å². The van der Waals surface area contributed by atoms with E-state index in [9.17, 15) is 4.79 Å². The van der Waals surface area contributed by atoms with Gasteiger partial charge in [-0.1, -0.05) is 61.0 Å². The molecule has 1 saturated carbocycles. The highest BCUT2D eigenvalue weighted by Gasteiger charge is 2.18. The lowest BCUT2D eigenvalue weighted by molar-refractivity contribution is 0.0211. The Kier molecular flexibility index (Phi) is 5.53. The summed E-state index contributed by atoms with van der Waals surface area (Å²) in [6, 6.07) is 23.0. The van der Waals surface area contributed by atoms with Crippen LogP contribution in [0.2, 0.25) is 0 Å². The van der Waals surface area contributed by atoms with Gasteiger partial charge in [-0.3, -0.25) is 0 Å². The van der Waals surface area contributed by atoms with Gasteiger partial charge in [0.15, 0.2) is 0 Å². The molecule has 0 heterocycles. The van der Waals surface area contributed by atoms with E-state index >= 15 is 0 Å². The number of hydrogen-bond donors (Lipinski definition) is 0. The number of rotatable bonds is 5. The lowest BCUT2D eigenvalue weighted by Crippen LogP contribution is -2.20. The molecule has 138 valence electrons. The second-order valence-electron chi connectivity index (χ2n) is 7.54. The average Bonchev–Trinajstić information content (AvgIpc) is 2.73. The van der Waals surface area contributed by atoms with Crippen molar-refractivity contribution in [1.29, 1.82) is 0 Å². The first-order chi connectivity index (χ1) is 13.3. The second-order valence-corrected chi connectivity index (χ2v) is 7.54. The highest BCUT2D eigenvalue weighted by molar-refractivity contribution is 5.89. The first-order valence-electron chi connectivity index (χ1n) is 10.1. The van der Waals surface area contributed by atoms with Crippen LogP contribution in [0.3, 0.4) is 0 Å². The predicted molar refractivity (Wildman–Crippen MR) is 110 cm³/mol. The van der Waals surface area contributed by atoms with Crippen molar-refractivity contribution in [2.45, 2.75) is 51.0 Å². The largest absolute Gasteiger partial charge is 0.459 e. The molecule has 0 bridgehead atoms. The van der Waals surface area contributed by atoms with Crippen molar-refractivity contribution in [3.63, 3.8) is 0 Å². The van der Waals surface area contributed by atoms with Crippen molar-refractivity contribution in [2.24, 2.45) is 0 Å². The van der Waals surface area contributed by atoms with Crippen molar-refractivity contribution in [3.8, 4) is 0 Å². The number of aryl methyl sites for hydroxylation is 2. The molecule has 3 aromatic rings. The summed E-state index contributed by atoms with van der Waals surface area (Å²) in [7, 11) is 0. The Labute approximate surface area is 161 Å². The summed E-state index contributed by atoms with van der Waals surface area (Å²) >= 11 is 0.